The summed E-state index contributed by atoms with van der Waals surface area (Å²) in [6.07, 6.45) is 0. The van der Waals surface area contributed by atoms with Crippen molar-refractivity contribution in [1.82, 2.24) is 10.2 Å². The van der Waals surface area contributed by atoms with Gasteiger partial charge in [-0.25, -0.2) is 0 Å². The average molecular weight is 291 g/mol. The van der Waals surface area contributed by atoms with Crippen LogP contribution in [0.25, 0.3) is 0 Å². The third-order valence-electron chi connectivity index (χ3n) is 3.90. The van der Waals surface area contributed by atoms with Crippen molar-refractivity contribution in [1.29, 1.82) is 0 Å². The monoisotopic (exact) mass is 291 g/mol. The lowest BCUT2D eigenvalue weighted by molar-refractivity contribution is 0.0825. The number of nitrogens with two attached hydrogens (primary N) is 1. The Balaban J connectivity index is 2.87. The third-order valence-corrected chi connectivity index (χ3v) is 3.90. The highest BCUT2D eigenvalue weighted by Crippen LogP contribution is 2.16. The quantitative estimate of drug-likeness (QED) is 0.863. The number of hydrogen-bond acceptors (Lipinski definition) is 3. The first-order chi connectivity index (χ1) is 9.71. The highest BCUT2D eigenvalue weighted by atomic mass is 16.2. The van der Waals surface area contributed by atoms with Crippen LogP contribution in [0.15, 0.2) is 24.3 Å². The van der Waals surface area contributed by atoms with Gasteiger partial charge in [-0.3, -0.25) is 9.59 Å². The zero-order chi connectivity index (χ0) is 16.2. The van der Waals surface area contributed by atoms with Crippen LogP contribution >= 0.6 is 0 Å². The van der Waals surface area contributed by atoms with Gasteiger partial charge in [-0.15, -0.1) is 0 Å². The van der Waals surface area contributed by atoms with E-state index < -0.39 is 5.54 Å². The van der Waals surface area contributed by atoms with Gasteiger partial charge in [0.15, 0.2) is 0 Å². The Hall–Kier alpha value is -1.88. The predicted octanol–water partition coefficient (Wildman–Crippen LogP) is 1.49. The van der Waals surface area contributed by atoms with Gasteiger partial charge in [0.05, 0.1) is 5.54 Å². The summed E-state index contributed by atoms with van der Waals surface area (Å²) < 4.78 is 0. The van der Waals surface area contributed by atoms with Crippen molar-refractivity contribution in [3.63, 3.8) is 0 Å². The second kappa shape index (κ2) is 6.72. The Bertz CT molecular complexity index is 509. The molecule has 1 unspecified atom stereocenters. The van der Waals surface area contributed by atoms with E-state index in [2.05, 4.69) is 5.32 Å². The van der Waals surface area contributed by atoms with Crippen molar-refractivity contribution in [3.05, 3.63) is 35.4 Å². The molecule has 5 nitrogen and oxygen atoms in total. The van der Waals surface area contributed by atoms with Crippen LogP contribution < -0.4 is 11.1 Å². The fraction of sp³-hybridized carbons (Fsp3) is 0.500. The number of benzene rings is 1. The van der Waals surface area contributed by atoms with Crippen LogP contribution in [0.1, 0.15) is 41.5 Å². The minimum Gasteiger partial charge on any atom is -0.345 e. The molecule has 0 aliphatic heterocycles. The summed E-state index contributed by atoms with van der Waals surface area (Å²) >= 11 is 0. The topological polar surface area (TPSA) is 75.4 Å². The maximum absolute atomic E-state index is 12.3. The standard InChI is InChI=1S/C16H25N3O2/c1-11(2)16(3,10-17)18-14(20)12-6-8-13(9-7-12)15(21)19(4)5/h6-9,11H,10,17H2,1-5H3,(H,18,20). The molecule has 116 valence electrons. The molecule has 0 saturated heterocycles. The highest BCUT2D eigenvalue weighted by molar-refractivity contribution is 5.97. The van der Waals surface area contributed by atoms with Gasteiger partial charge in [-0.2, -0.15) is 0 Å². The summed E-state index contributed by atoms with van der Waals surface area (Å²) in [4.78, 5) is 25.6. The van der Waals surface area contributed by atoms with Crippen molar-refractivity contribution >= 4 is 11.8 Å². The van der Waals surface area contributed by atoms with Crippen molar-refractivity contribution in [2.24, 2.45) is 11.7 Å². The second-order valence-corrected chi connectivity index (χ2v) is 6.01. The van der Waals surface area contributed by atoms with Crippen molar-refractivity contribution in [3.8, 4) is 0 Å². The molecular weight excluding hydrogens is 266 g/mol. The molecule has 0 saturated carbocycles. The number of nitrogens with zero attached hydrogens (tertiary/aromatic N) is 1. The molecule has 1 aromatic carbocycles. The van der Waals surface area contributed by atoms with Crippen LogP contribution in [0.5, 0.6) is 0 Å². The Kier molecular flexibility index (Phi) is 5.49. The number of hydrogen-bond donors (Lipinski definition) is 2. The molecule has 0 aliphatic carbocycles. The van der Waals surface area contributed by atoms with Gasteiger partial charge < -0.3 is 16.0 Å². The van der Waals surface area contributed by atoms with E-state index in [-0.39, 0.29) is 17.7 Å². The van der Waals surface area contributed by atoms with E-state index in [1.54, 1.807) is 38.4 Å². The van der Waals surface area contributed by atoms with Crippen LogP contribution in [0.2, 0.25) is 0 Å². The highest BCUT2D eigenvalue weighted by Gasteiger charge is 2.28. The van der Waals surface area contributed by atoms with Gasteiger partial charge in [-0.05, 0) is 37.1 Å². The largest absolute Gasteiger partial charge is 0.345 e. The predicted molar refractivity (Wildman–Crippen MR) is 84.2 cm³/mol. The summed E-state index contributed by atoms with van der Waals surface area (Å²) in [5.74, 6) is -0.0440. The van der Waals surface area contributed by atoms with Gasteiger partial charge in [0.25, 0.3) is 11.8 Å². The number of nitrogens with one attached hydrogen (secondary N) is 1. The van der Waals surface area contributed by atoms with Gasteiger partial charge >= 0.3 is 0 Å². The summed E-state index contributed by atoms with van der Waals surface area (Å²) in [6.45, 7) is 6.34. The molecular formula is C16H25N3O2. The molecule has 5 heteroatoms. The number of carbonyl (C=O) groups excluding carboxylic acids is 2. The van der Waals surface area contributed by atoms with Gasteiger partial charge in [0.2, 0.25) is 0 Å². The van der Waals surface area contributed by atoms with E-state index in [9.17, 15) is 9.59 Å². The molecule has 0 aromatic heterocycles. The zero-order valence-electron chi connectivity index (χ0n) is 13.4. The molecule has 1 atom stereocenters. The van der Waals surface area contributed by atoms with Crippen molar-refractivity contribution in [2.45, 2.75) is 26.3 Å². The first kappa shape index (κ1) is 17.2. The Morgan fingerprint density at radius 1 is 1.19 bits per heavy atom. The molecule has 0 fully saturated rings. The van der Waals surface area contributed by atoms with Crippen LogP contribution in [0, 0.1) is 5.92 Å². The Morgan fingerprint density at radius 3 is 2.05 bits per heavy atom. The Morgan fingerprint density at radius 2 is 1.67 bits per heavy atom. The van der Waals surface area contributed by atoms with E-state index in [4.69, 9.17) is 5.73 Å². The molecule has 1 rings (SSSR count). The minimum absolute atomic E-state index is 0.0871. The second-order valence-electron chi connectivity index (χ2n) is 6.01. The minimum atomic E-state index is -0.449. The maximum atomic E-state index is 12.3. The summed E-state index contributed by atoms with van der Waals surface area (Å²) in [5.41, 5.74) is 6.39. The van der Waals surface area contributed by atoms with Crippen LogP contribution in [0.3, 0.4) is 0 Å². The molecule has 0 radical (unpaired) electrons. The van der Waals surface area contributed by atoms with Gasteiger partial charge in [0.1, 0.15) is 0 Å². The first-order valence-electron chi connectivity index (χ1n) is 7.05. The maximum Gasteiger partial charge on any atom is 0.253 e. The normalized spacial score (nSPS) is 13.7. The molecule has 21 heavy (non-hydrogen) atoms. The summed E-state index contributed by atoms with van der Waals surface area (Å²) in [7, 11) is 3.39. The van der Waals surface area contributed by atoms with E-state index in [0.29, 0.717) is 17.7 Å². The van der Waals surface area contributed by atoms with Gasteiger partial charge in [-0.1, -0.05) is 13.8 Å². The Labute approximate surface area is 126 Å². The molecule has 1 aromatic rings. The lowest BCUT2D eigenvalue weighted by Crippen LogP contribution is -2.55. The zero-order valence-corrected chi connectivity index (χ0v) is 13.4. The smallest absolute Gasteiger partial charge is 0.253 e. The number of amides is 2. The van der Waals surface area contributed by atoms with E-state index >= 15 is 0 Å². The lowest BCUT2D eigenvalue weighted by atomic mass is 9.88. The molecule has 0 heterocycles. The van der Waals surface area contributed by atoms with E-state index in [0.717, 1.165) is 0 Å². The first-order valence-corrected chi connectivity index (χ1v) is 7.05. The fourth-order valence-corrected chi connectivity index (χ4v) is 1.78. The molecule has 0 aliphatic rings. The molecule has 2 amide bonds. The number of rotatable bonds is 5. The molecule has 0 bridgehead atoms. The number of carbonyl (C=O) groups is 2. The van der Waals surface area contributed by atoms with E-state index in [1.807, 2.05) is 20.8 Å². The van der Waals surface area contributed by atoms with Crippen molar-refractivity contribution in [2.75, 3.05) is 20.6 Å². The van der Waals surface area contributed by atoms with E-state index in [1.165, 1.54) is 4.90 Å². The SMILES string of the molecule is CC(C)C(C)(CN)NC(=O)c1ccc(C(=O)N(C)C)cc1. The lowest BCUT2D eigenvalue weighted by Gasteiger charge is -2.33. The third kappa shape index (κ3) is 4.04. The van der Waals surface area contributed by atoms with Gasteiger partial charge in [0, 0.05) is 31.8 Å². The molecule has 3 N–H and O–H groups in total. The van der Waals surface area contributed by atoms with Crippen LogP contribution in [-0.4, -0.2) is 42.9 Å². The summed E-state index contributed by atoms with van der Waals surface area (Å²) in [6, 6.07) is 6.63. The summed E-state index contributed by atoms with van der Waals surface area (Å²) in [5, 5.41) is 2.97. The molecule has 0 spiro atoms. The fourth-order valence-electron chi connectivity index (χ4n) is 1.78. The van der Waals surface area contributed by atoms with Crippen LogP contribution in [-0.2, 0) is 0 Å². The average Bonchev–Trinajstić information content (AvgIpc) is 2.46. The van der Waals surface area contributed by atoms with Crippen molar-refractivity contribution < 1.29 is 9.59 Å². The van der Waals surface area contributed by atoms with Crippen LogP contribution in [0.4, 0.5) is 0 Å².